The normalized spacial score (nSPS) is 10.6. The van der Waals surface area contributed by atoms with E-state index in [0.29, 0.717) is 10.0 Å². The van der Waals surface area contributed by atoms with E-state index >= 15 is 0 Å². The van der Waals surface area contributed by atoms with Gasteiger partial charge in [-0.1, -0.05) is 23.2 Å². The van der Waals surface area contributed by atoms with E-state index in [1.165, 1.54) is 0 Å². The van der Waals surface area contributed by atoms with Gasteiger partial charge in [0.15, 0.2) is 0 Å². The zero-order valence-corrected chi connectivity index (χ0v) is 12.0. The van der Waals surface area contributed by atoms with Gasteiger partial charge in [-0.05, 0) is 30.3 Å². The van der Waals surface area contributed by atoms with Gasteiger partial charge in [0.05, 0.1) is 10.7 Å². The number of nitrogens with zero attached hydrogens (tertiary/aromatic N) is 2. The molecule has 0 saturated carbocycles. The number of hydrogen-bond acceptors (Lipinski definition) is 3. The molecule has 0 aliphatic heterocycles. The van der Waals surface area contributed by atoms with Crippen LogP contribution in [0.15, 0.2) is 48.1 Å². The summed E-state index contributed by atoms with van der Waals surface area (Å²) in [6, 6.07) is 9.30. The van der Waals surface area contributed by atoms with E-state index in [9.17, 15) is 0 Å². The molecule has 2 aromatic heterocycles. The first-order chi connectivity index (χ1) is 9.24. The Balaban J connectivity index is 2.02. The molecule has 0 spiro atoms. The first kappa shape index (κ1) is 12.6. The molecule has 5 heteroatoms. The molecule has 3 rings (SSSR count). The maximum atomic E-state index is 6.19. The average Bonchev–Trinajstić information content (AvgIpc) is 2.89. The Morgan fingerprint density at radius 1 is 1.00 bits per heavy atom. The van der Waals surface area contributed by atoms with Crippen LogP contribution in [0, 0.1) is 0 Å². The van der Waals surface area contributed by atoms with Crippen molar-refractivity contribution < 1.29 is 0 Å². The molecule has 1 aromatic carbocycles. The van der Waals surface area contributed by atoms with Gasteiger partial charge < -0.3 is 0 Å². The summed E-state index contributed by atoms with van der Waals surface area (Å²) >= 11 is 13.7. The summed E-state index contributed by atoms with van der Waals surface area (Å²) in [6.45, 7) is 0. The topological polar surface area (TPSA) is 25.8 Å². The average molecular weight is 307 g/mol. The second-order valence-corrected chi connectivity index (χ2v) is 5.60. The van der Waals surface area contributed by atoms with E-state index in [4.69, 9.17) is 23.2 Å². The van der Waals surface area contributed by atoms with Crippen molar-refractivity contribution in [3.63, 3.8) is 0 Å². The maximum Gasteiger partial charge on any atom is 0.124 e. The summed E-state index contributed by atoms with van der Waals surface area (Å²) in [5.74, 6) is 0. The fourth-order valence-corrected chi connectivity index (χ4v) is 3.05. The van der Waals surface area contributed by atoms with Crippen molar-refractivity contribution in [2.75, 3.05) is 0 Å². The quantitative estimate of drug-likeness (QED) is 0.652. The van der Waals surface area contributed by atoms with Crippen LogP contribution >= 0.6 is 34.5 Å². The molecule has 19 heavy (non-hydrogen) atoms. The summed E-state index contributed by atoms with van der Waals surface area (Å²) in [5, 5.41) is 4.17. The SMILES string of the molecule is Clc1ccc(-c2csc(-c3ccncc3)n2)c(Cl)c1. The molecule has 0 unspecified atom stereocenters. The third-order valence-corrected chi connectivity index (χ3v) is 4.08. The predicted molar refractivity (Wildman–Crippen MR) is 80.8 cm³/mol. The number of pyridine rings is 1. The van der Waals surface area contributed by atoms with Gasteiger partial charge in [-0.15, -0.1) is 11.3 Å². The van der Waals surface area contributed by atoms with Crippen molar-refractivity contribution in [2.24, 2.45) is 0 Å². The highest BCUT2D eigenvalue weighted by Crippen LogP contribution is 2.33. The lowest BCUT2D eigenvalue weighted by Crippen LogP contribution is -1.81. The molecule has 0 saturated heterocycles. The fraction of sp³-hybridized carbons (Fsp3) is 0. The molecular weight excluding hydrogens is 299 g/mol. The van der Waals surface area contributed by atoms with E-state index < -0.39 is 0 Å². The smallest absolute Gasteiger partial charge is 0.124 e. The van der Waals surface area contributed by atoms with E-state index in [1.54, 1.807) is 29.8 Å². The van der Waals surface area contributed by atoms with Gasteiger partial charge in [0.1, 0.15) is 5.01 Å². The van der Waals surface area contributed by atoms with Gasteiger partial charge in [-0.2, -0.15) is 0 Å². The van der Waals surface area contributed by atoms with E-state index in [1.807, 2.05) is 29.6 Å². The van der Waals surface area contributed by atoms with Crippen molar-refractivity contribution >= 4 is 34.5 Å². The van der Waals surface area contributed by atoms with Gasteiger partial charge in [-0.25, -0.2) is 4.98 Å². The number of halogens is 2. The minimum Gasteiger partial charge on any atom is -0.265 e. The van der Waals surface area contributed by atoms with Gasteiger partial charge in [0, 0.05) is 33.9 Å². The molecule has 0 fully saturated rings. The molecule has 94 valence electrons. The monoisotopic (exact) mass is 306 g/mol. The van der Waals surface area contributed by atoms with Crippen LogP contribution in [0.4, 0.5) is 0 Å². The molecule has 0 N–H and O–H groups in total. The molecule has 0 bridgehead atoms. The second kappa shape index (κ2) is 5.29. The Hall–Kier alpha value is -1.42. The number of aromatic nitrogens is 2. The van der Waals surface area contributed by atoms with Crippen molar-refractivity contribution in [1.82, 2.24) is 9.97 Å². The zero-order chi connectivity index (χ0) is 13.2. The van der Waals surface area contributed by atoms with Crippen molar-refractivity contribution in [3.8, 4) is 21.8 Å². The minimum atomic E-state index is 0.610. The Morgan fingerprint density at radius 3 is 2.53 bits per heavy atom. The van der Waals surface area contributed by atoms with Crippen molar-refractivity contribution in [2.45, 2.75) is 0 Å². The zero-order valence-electron chi connectivity index (χ0n) is 9.68. The third-order valence-electron chi connectivity index (χ3n) is 2.64. The summed E-state index contributed by atoms with van der Waals surface area (Å²) in [5.41, 5.74) is 2.80. The first-order valence-corrected chi connectivity index (χ1v) is 7.19. The lowest BCUT2D eigenvalue weighted by Gasteiger charge is -2.00. The maximum absolute atomic E-state index is 6.19. The molecule has 0 atom stereocenters. The van der Waals surface area contributed by atoms with Crippen LogP contribution in [0.3, 0.4) is 0 Å². The highest BCUT2D eigenvalue weighted by molar-refractivity contribution is 7.13. The molecule has 0 aliphatic carbocycles. The molecule has 2 heterocycles. The summed E-state index contributed by atoms with van der Waals surface area (Å²) in [6.07, 6.45) is 3.51. The minimum absolute atomic E-state index is 0.610. The number of thiazole rings is 1. The summed E-state index contributed by atoms with van der Waals surface area (Å²) in [4.78, 5) is 8.61. The van der Waals surface area contributed by atoms with Gasteiger partial charge in [0.25, 0.3) is 0 Å². The second-order valence-electron chi connectivity index (χ2n) is 3.90. The van der Waals surface area contributed by atoms with Crippen LogP contribution in [0.25, 0.3) is 21.8 Å². The fourth-order valence-electron chi connectivity index (χ4n) is 1.72. The lowest BCUT2D eigenvalue weighted by atomic mass is 10.2. The number of rotatable bonds is 2. The van der Waals surface area contributed by atoms with Crippen LogP contribution in [0.2, 0.25) is 10.0 Å². The largest absolute Gasteiger partial charge is 0.265 e. The van der Waals surface area contributed by atoms with Crippen molar-refractivity contribution in [1.29, 1.82) is 0 Å². The predicted octanol–water partition coefficient (Wildman–Crippen LogP) is 5.18. The van der Waals surface area contributed by atoms with E-state index in [0.717, 1.165) is 21.8 Å². The highest BCUT2D eigenvalue weighted by Gasteiger charge is 2.09. The van der Waals surface area contributed by atoms with Crippen LogP contribution in [0.1, 0.15) is 0 Å². The van der Waals surface area contributed by atoms with Crippen LogP contribution in [-0.4, -0.2) is 9.97 Å². The Bertz CT molecular complexity index is 710. The van der Waals surface area contributed by atoms with Crippen LogP contribution in [-0.2, 0) is 0 Å². The molecular formula is C14H8Cl2N2S. The first-order valence-electron chi connectivity index (χ1n) is 5.55. The Kier molecular flexibility index (Phi) is 3.51. The van der Waals surface area contributed by atoms with Gasteiger partial charge in [0.2, 0.25) is 0 Å². The highest BCUT2D eigenvalue weighted by atomic mass is 35.5. The van der Waals surface area contributed by atoms with Gasteiger partial charge in [-0.3, -0.25) is 4.98 Å². The number of hydrogen-bond donors (Lipinski definition) is 0. The molecule has 3 aromatic rings. The molecule has 0 amide bonds. The third kappa shape index (κ3) is 2.63. The van der Waals surface area contributed by atoms with E-state index in [-0.39, 0.29) is 0 Å². The summed E-state index contributed by atoms with van der Waals surface area (Å²) < 4.78 is 0. The molecule has 2 nitrogen and oxygen atoms in total. The number of benzene rings is 1. The van der Waals surface area contributed by atoms with Crippen LogP contribution < -0.4 is 0 Å². The van der Waals surface area contributed by atoms with Gasteiger partial charge >= 0.3 is 0 Å². The van der Waals surface area contributed by atoms with E-state index in [2.05, 4.69) is 9.97 Å². The summed E-state index contributed by atoms with van der Waals surface area (Å²) in [7, 11) is 0. The lowest BCUT2D eigenvalue weighted by molar-refractivity contribution is 1.32. The Labute approximate surface area is 124 Å². The molecule has 0 aliphatic rings. The Morgan fingerprint density at radius 2 is 1.79 bits per heavy atom. The van der Waals surface area contributed by atoms with Crippen LogP contribution in [0.5, 0.6) is 0 Å². The molecule has 0 radical (unpaired) electrons. The van der Waals surface area contributed by atoms with Crippen molar-refractivity contribution in [3.05, 3.63) is 58.2 Å². The standard InChI is InChI=1S/C14H8Cl2N2S/c15-10-1-2-11(12(16)7-10)13-8-19-14(18-13)9-3-5-17-6-4-9/h1-8H.